The number of fused-ring (bicyclic) bond motifs is 1. The molecule has 0 spiro atoms. The number of nitrogens with one attached hydrogen (secondary N) is 2. The van der Waals surface area contributed by atoms with E-state index in [1.807, 2.05) is 19.1 Å². The number of aliphatic hydroxyl groups is 2. The van der Waals surface area contributed by atoms with E-state index in [9.17, 15) is 10.2 Å². The third kappa shape index (κ3) is 6.46. The Balaban J connectivity index is 1.20. The zero-order valence-corrected chi connectivity index (χ0v) is 26.6. The molecular weight excluding hydrogens is 602 g/mol. The fourth-order valence-electron chi connectivity index (χ4n) is 6.33. The molecule has 2 aliphatic rings. The van der Waals surface area contributed by atoms with E-state index in [2.05, 4.69) is 79.2 Å². The molecule has 46 heavy (non-hydrogen) atoms. The molecule has 12 nitrogen and oxygen atoms in total. The van der Waals surface area contributed by atoms with Gasteiger partial charge in [0.1, 0.15) is 28.3 Å². The summed E-state index contributed by atoms with van der Waals surface area (Å²) in [4.78, 5) is 16.9. The Bertz CT molecular complexity index is 1690. The van der Waals surface area contributed by atoms with Crippen LogP contribution in [0.3, 0.4) is 0 Å². The van der Waals surface area contributed by atoms with Crippen molar-refractivity contribution in [3.05, 3.63) is 88.1 Å². The number of aryl methyl sites for hydroxylation is 1. The highest BCUT2D eigenvalue weighted by Crippen LogP contribution is 2.41. The predicted molar refractivity (Wildman–Crippen MR) is 177 cm³/mol. The van der Waals surface area contributed by atoms with Gasteiger partial charge in [0.25, 0.3) is 0 Å². The van der Waals surface area contributed by atoms with Gasteiger partial charge < -0.3 is 30.5 Å². The van der Waals surface area contributed by atoms with Gasteiger partial charge in [-0.25, -0.2) is 4.98 Å². The third-order valence-corrected chi connectivity index (χ3v) is 9.66. The molecule has 5 aromatic rings. The van der Waals surface area contributed by atoms with Gasteiger partial charge in [-0.05, 0) is 44.0 Å². The van der Waals surface area contributed by atoms with Gasteiger partial charge in [-0.2, -0.15) is 9.97 Å². The van der Waals surface area contributed by atoms with E-state index in [4.69, 9.17) is 14.7 Å². The highest BCUT2D eigenvalue weighted by molar-refractivity contribution is 7.11. The van der Waals surface area contributed by atoms with Gasteiger partial charge in [-0.15, -0.1) is 10.2 Å². The lowest BCUT2D eigenvalue weighted by Crippen LogP contribution is -2.34. The first kappa shape index (κ1) is 30.6. The van der Waals surface area contributed by atoms with E-state index >= 15 is 0 Å². The van der Waals surface area contributed by atoms with Gasteiger partial charge >= 0.3 is 0 Å². The Morgan fingerprint density at radius 3 is 2.30 bits per heavy atom. The van der Waals surface area contributed by atoms with Crippen LogP contribution in [-0.2, 0) is 4.74 Å². The van der Waals surface area contributed by atoms with Crippen LogP contribution in [0, 0.1) is 6.92 Å². The lowest BCUT2D eigenvalue weighted by molar-refractivity contribution is -0.0360. The summed E-state index contributed by atoms with van der Waals surface area (Å²) in [6.45, 7) is 6.21. The Labute approximate surface area is 271 Å². The lowest BCUT2D eigenvalue weighted by atomic mass is 9.91. The molecule has 3 aromatic heterocycles. The number of nitrogens with zero attached hydrogens (tertiary/aromatic N) is 7. The summed E-state index contributed by atoms with van der Waals surface area (Å²) >= 11 is 1.33. The molecular formula is C33H39N9O3S. The van der Waals surface area contributed by atoms with Gasteiger partial charge in [-0.3, -0.25) is 4.57 Å². The van der Waals surface area contributed by atoms with E-state index in [1.54, 1.807) is 10.9 Å². The summed E-state index contributed by atoms with van der Waals surface area (Å²) in [5, 5.41) is 38.6. The SMILES string of the molecule is Cc1nnc([C@H]2O[C@@H](n3cnc4c(NCC(c5ccccc5)c5ccccc5)nc(NCCN5CCCCC5)nc43)[C@H](O)[C@@H]2O)s1. The zero-order valence-electron chi connectivity index (χ0n) is 25.7. The summed E-state index contributed by atoms with van der Waals surface area (Å²) in [6, 6.07) is 20.8. The van der Waals surface area contributed by atoms with Crippen LogP contribution in [0.25, 0.3) is 11.2 Å². The van der Waals surface area contributed by atoms with Crippen LogP contribution < -0.4 is 10.6 Å². The maximum absolute atomic E-state index is 11.1. The second-order valence-electron chi connectivity index (χ2n) is 11.9. The van der Waals surface area contributed by atoms with Crippen molar-refractivity contribution in [1.82, 2.24) is 34.6 Å². The highest BCUT2D eigenvalue weighted by atomic mass is 32.1. The molecule has 13 heteroatoms. The van der Waals surface area contributed by atoms with Crippen LogP contribution in [0.2, 0.25) is 0 Å². The van der Waals surface area contributed by atoms with Crippen LogP contribution in [0.15, 0.2) is 67.0 Å². The first-order valence-electron chi connectivity index (χ1n) is 15.9. The second-order valence-corrected chi connectivity index (χ2v) is 13.1. The molecule has 0 bridgehead atoms. The van der Waals surface area contributed by atoms with Crippen molar-refractivity contribution in [2.24, 2.45) is 0 Å². The number of benzene rings is 2. The maximum Gasteiger partial charge on any atom is 0.226 e. The van der Waals surface area contributed by atoms with Crippen molar-refractivity contribution in [2.75, 3.05) is 43.4 Å². The number of piperidine rings is 1. The number of aliphatic hydroxyl groups excluding tert-OH is 2. The molecule has 240 valence electrons. The molecule has 2 saturated heterocycles. The van der Waals surface area contributed by atoms with Crippen molar-refractivity contribution in [2.45, 2.75) is 56.6 Å². The monoisotopic (exact) mass is 641 g/mol. The van der Waals surface area contributed by atoms with Gasteiger partial charge in [0, 0.05) is 25.6 Å². The summed E-state index contributed by atoms with van der Waals surface area (Å²) in [7, 11) is 0. The quantitative estimate of drug-likeness (QED) is 0.165. The topological polar surface area (TPSA) is 146 Å². The number of hydrogen-bond acceptors (Lipinski definition) is 12. The van der Waals surface area contributed by atoms with E-state index in [-0.39, 0.29) is 5.92 Å². The lowest BCUT2D eigenvalue weighted by Gasteiger charge is -2.26. The normalized spacial score (nSPS) is 22.1. The van der Waals surface area contributed by atoms with Crippen LogP contribution in [0.1, 0.15) is 58.7 Å². The minimum absolute atomic E-state index is 0.0660. The molecule has 5 heterocycles. The zero-order chi connectivity index (χ0) is 31.5. The second kappa shape index (κ2) is 13.8. The van der Waals surface area contributed by atoms with Crippen molar-refractivity contribution in [1.29, 1.82) is 0 Å². The molecule has 0 amide bonds. The molecule has 2 aliphatic heterocycles. The highest BCUT2D eigenvalue weighted by Gasteiger charge is 2.46. The van der Waals surface area contributed by atoms with Crippen LogP contribution in [0.5, 0.6) is 0 Å². The minimum Gasteiger partial charge on any atom is -0.387 e. The first-order chi connectivity index (χ1) is 22.5. The number of ether oxygens (including phenoxy) is 1. The fourth-order valence-corrected chi connectivity index (χ4v) is 7.11. The van der Waals surface area contributed by atoms with Crippen LogP contribution >= 0.6 is 11.3 Å². The summed E-state index contributed by atoms with van der Waals surface area (Å²) in [6.07, 6.45) is 1.17. The van der Waals surface area contributed by atoms with Crippen molar-refractivity contribution in [3.8, 4) is 0 Å². The molecule has 0 saturated carbocycles. The number of anilines is 2. The Hall–Kier alpha value is -4.01. The van der Waals surface area contributed by atoms with E-state index in [1.165, 1.54) is 41.7 Å². The average molecular weight is 642 g/mol. The predicted octanol–water partition coefficient (Wildman–Crippen LogP) is 4.12. The molecule has 0 radical (unpaired) electrons. The van der Waals surface area contributed by atoms with Gasteiger partial charge in [-0.1, -0.05) is 78.4 Å². The third-order valence-electron chi connectivity index (χ3n) is 8.76. The minimum atomic E-state index is -1.23. The largest absolute Gasteiger partial charge is 0.387 e. The Kier molecular flexibility index (Phi) is 9.17. The van der Waals surface area contributed by atoms with Crippen molar-refractivity contribution >= 4 is 34.3 Å². The number of rotatable bonds is 11. The molecule has 4 N–H and O–H groups in total. The average Bonchev–Trinajstić information content (AvgIpc) is 3.79. The van der Waals surface area contributed by atoms with Crippen LogP contribution in [0.4, 0.5) is 11.8 Å². The fraction of sp³-hybridized carbons (Fsp3) is 0.424. The van der Waals surface area contributed by atoms with Crippen LogP contribution in [-0.4, -0.2) is 89.8 Å². The Morgan fingerprint density at radius 2 is 1.63 bits per heavy atom. The molecule has 4 atom stereocenters. The molecule has 7 rings (SSSR count). The molecule has 2 fully saturated rings. The Morgan fingerprint density at radius 1 is 0.913 bits per heavy atom. The number of aromatic nitrogens is 6. The van der Waals surface area contributed by atoms with Crippen molar-refractivity contribution in [3.63, 3.8) is 0 Å². The van der Waals surface area contributed by atoms with E-state index < -0.39 is 24.5 Å². The standard InChI is InChI=1S/C33H39N9O3S/c1-21-39-40-31(46-21)28-26(43)27(44)32(45-28)42-20-36-25-29(37-33(38-30(25)42)34-15-18-41-16-9-4-10-17-41)35-19-24(22-11-5-2-6-12-22)23-13-7-3-8-14-23/h2-3,5-8,11-14,20,24,26-28,32,43-44H,4,9-10,15-19H2,1H3,(H2,34,35,37,38)/t26-,27+,28-,32+/m0/s1. The smallest absolute Gasteiger partial charge is 0.226 e. The number of imidazole rings is 1. The molecule has 0 aliphatic carbocycles. The van der Waals surface area contributed by atoms with Gasteiger partial charge in [0.05, 0.1) is 6.33 Å². The van der Waals surface area contributed by atoms with Gasteiger partial charge in [0.2, 0.25) is 5.95 Å². The van der Waals surface area contributed by atoms with E-state index in [0.717, 1.165) is 24.6 Å². The maximum atomic E-state index is 11.1. The number of likely N-dealkylation sites (tertiary alicyclic amines) is 1. The van der Waals surface area contributed by atoms with Gasteiger partial charge in [0.15, 0.2) is 23.2 Å². The molecule has 2 aromatic carbocycles. The number of hydrogen-bond donors (Lipinski definition) is 4. The first-order valence-corrected chi connectivity index (χ1v) is 16.7. The summed E-state index contributed by atoms with van der Waals surface area (Å²) in [5.41, 5.74) is 3.40. The summed E-state index contributed by atoms with van der Waals surface area (Å²) in [5.74, 6) is 1.09. The summed E-state index contributed by atoms with van der Waals surface area (Å²) < 4.78 is 7.89. The van der Waals surface area contributed by atoms with E-state index in [0.29, 0.717) is 41.0 Å². The van der Waals surface area contributed by atoms with Crippen molar-refractivity contribution < 1.29 is 14.9 Å². The molecule has 0 unspecified atom stereocenters.